The van der Waals surface area contributed by atoms with E-state index in [1.807, 2.05) is 0 Å². The molecular weight excluding hydrogens is 197 g/mol. The molecule has 1 heterocycles. The van der Waals surface area contributed by atoms with Crippen LogP contribution in [0.1, 0.15) is 25.6 Å². The van der Waals surface area contributed by atoms with Gasteiger partial charge < -0.3 is 5.73 Å². The maximum atomic E-state index is 12.1. The van der Waals surface area contributed by atoms with Gasteiger partial charge in [0, 0.05) is 5.92 Å². The Hall–Kier alpha value is -1.27. The van der Waals surface area contributed by atoms with E-state index in [1.165, 1.54) is 0 Å². The molecule has 0 bridgehead atoms. The summed E-state index contributed by atoms with van der Waals surface area (Å²) in [6, 6.07) is 0. The standard InChI is InChI=1S/C7H11F3N4/c1-4(2)5-12-6(11)13-14(5)3-7(8,9)10/h4H,3H2,1-2H3,(H2,11,13). The zero-order valence-electron chi connectivity index (χ0n) is 7.84. The first kappa shape index (κ1) is 10.8. The molecule has 0 aliphatic heterocycles. The van der Waals surface area contributed by atoms with E-state index >= 15 is 0 Å². The van der Waals surface area contributed by atoms with Crippen LogP contribution in [0.25, 0.3) is 0 Å². The average molecular weight is 208 g/mol. The first-order valence-corrected chi connectivity index (χ1v) is 4.06. The van der Waals surface area contributed by atoms with Crippen molar-refractivity contribution in [3.63, 3.8) is 0 Å². The Morgan fingerprint density at radius 2 is 2.00 bits per heavy atom. The summed E-state index contributed by atoms with van der Waals surface area (Å²) in [5, 5.41) is 3.48. The quantitative estimate of drug-likeness (QED) is 0.802. The summed E-state index contributed by atoms with van der Waals surface area (Å²) in [7, 11) is 0. The molecule has 0 atom stereocenters. The number of halogens is 3. The van der Waals surface area contributed by atoms with Crippen LogP contribution in [0.3, 0.4) is 0 Å². The van der Waals surface area contributed by atoms with Gasteiger partial charge in [-0.1, -0.05) is 13.8 Å². The van der Waals surface area contributed by atoms with Gasteiger partial charge in [0.2, 0.25) is 5.95 Å². The molecule has 1 aromatic heterocycles. The van der Waals surface area contributed by atoms with E-state index < -0.39 is 12.7 Å². The van der Waals surface area contributed by atoms with Gasteiger partial charge in [0.25, 0.3) is 0 Å². The lowest BCUT2D eigenvalue weighted by Gasteiger charge is -2.10. The number of nitrogens with two attached hydrogens (primary N) is 1. The van der Waals surface area contributed by atoms with Crippen LogP contribution in [0.5, 0.6) is 0 Å². The summed E-state index contributed by atoms with van der Waals surface area (Å²) in [5.41, 5.74) is 5.23. The monoisotopic (exact) mass is 208 g/mol. The molecule has 0 saturated carbocycles. The summed E-state index contributed by atoms with van der Waals surface area (Å²) in [4.78, 5) is 3.72. The van der Waals surface area contributed by atoms with Crippen LogP contribution in [0.2, 0.25) is 0 Å². The summed E-state index contributed by atoms with van der Waals surface area (Å²) in [5.74, 6) is -0.0140. The fourth-order valence-corrected chi connectivity index (χ4v) is 1.09. The minimum Gasteiger partial charge on any atom is -0.366 e. The predicted molar refractivity (Wildman–Crippen MR) is 44.6 cm³/mol. The molecule has 80 valence electrons. The highest BCUT2D eigenvalue weighted by Crippen LogP contribution is 2.20. The largest absolute Gasteiger partial charge is 0.408 e. The normalized spacial score (nSPS) is 12.4. The van der Waals surface area contributed by atoms with Gasteiger partial charge in [-0.05, 0) is 0 Å². The van der Waals surface area contributed by atoms with Crippen LogP contribution < -0.4 is 5.73 Å². The number of hydrogen-bond acceptors (Lipinski definition) is 3. The summed E-state index contributed by atoms with van der Waals surface area (Å²) in [6.45, 7) is 2.32. The maximum absolute atomic E-state index is 12.1. The van der Waals surface area contributed by atoms with Crippen molar-refractivity contribution in [2.24, 2.45) is 0 Å². The third-order valence-corrected chi connectivity index (χ3v) is 1.56. The summed E-state index contributed by atoms with van der Waals surface area (Å²) >= 11 is 0. The predicted octanol–water partition coefficient (Wildman–Crippen LogP) is 1.55. The molecule has 14 heavy (non-hydrogen) atoms. The van der Waals surface area contributed by atoms with Gasteiger partial charge in [0.05, 0.1) is 0 Å². The van der Waals surface area contributed by atoms with Gasteiger partial charge in [0.1, 0.15) is 12.4 Å². The van der Waals surface area contributed by atoms with Crippen molar-refractivity contribution in [2.75, 3.05) is 5.73 Å². The van der Waals surface area contributed by atoms with Gasteiger partial charge in [-0.2, -0.15) is 18.2 Å². The Morgan fingerprint density at radius 1 is 1.43 bits per heavy atom. The van der Waals surface area contributed by atoms with E-state index in [-0.39, 0.29) is 17.7 Å². The zero-order chi connectivity index (χ0) is 10.9. The SMILES string of the molecule is CC(C)c1nc(N)nn1CC(F)(F)F. The molecule has 0 aliphatic carbocycles. The lowest BCUT2D eigenvalue weighted by atomic mass is 10.2. The fourth-order valence-electron chi connectivity index (χ4n) is 1.09. The number of nitrogen functional groups attached to an aromatic ring is 1. The first-order valence-electron chi connectivity index (χ1n) is 4.06. The van der Waals surface area contributed by atoms with E-state index in [0.717, 1.165) is 4.68 Å². The molecule has 0 radical (unpaired) electrons. The molecule has 0 aliphatic rings. The van der Waals surface area contributed by atoms with Gasteiger partial charge in [-0.15, -0.1) is 5.10 Å². The number of rotatable bonds is 2. The van der Waals surface area contributed by atoms with Crippen LogP contribution in [-0.2, 0) is 6.54 Å². The molecule has 4 nitrogen and oxygen atoms in total. The number of anilines is 1. The summed E-state index contributed by atoms with van der Waals surface area (Å²) < 4.78 is 37.0. The van der Waals surface area contributed by atoms with Gasteiger partial charge >= 0.3 is 6.18 Å². The van der Waals surface area contributed by atoms with Crippen molar-refractivity contribution in [3.8, 4) is 0 Å². The van der Waals surface area contributed by atoms with Gasteiger partial charge in [-0.25, -0.2) is 4.68 Å². The Kier molecular flexibility index (Phi) is 2.68. The minimum atomic E-state index is -4.30. The Labute approximate surface area is 78.9 Å². The molecule has 1 rings (SSSR count). The second-order valence-corrected chi connectivity index (χ2v) is 3.26. The number of alkyl halides is 3. The Morgan fingerprint density at radius 3 is 2.43 bits per heavy atom. The summed E-state index contributed by atoms with van der Waals surface area (Å²) in [6.07, 6.45) is -4.30. The maximum Gasteiger partial charge on any atom is 0.408 e. The third kappa shape index (κ3) is 2.61. The number of nitrogens with zero attached hydrogens (tertiary/aromatic N) is 3. The number of aromatic nitrogens is 3. The highest BCUT2D eigenvalue weighted by Gasteiger charge is 2.30. The molecule has 0 spiro atoms. The highest BCUT2D eigenvalue weighted by atomic mass is 19.4. The minimum absolute atomic E-state index is 0.127. The Bertz CT molecular complexity index is 315. The average Bonchev–Trinajstić information content (AvgIpc) is 2.27. The second-order valence-electron chi connectivity index (χ2n) is 3.26. The van der Waals surface area contributed by atoms with E-state index in [9.17, 15) is 13.2 Å². The van der Waals surface area contributed by atoms with Crippen LogP contribution in [0.4, 0.5) is 19.1 Å². The third-order valence-electron chi connectivity index (χ3n) is 1.56. The topological polar surface area (TPSA) is 56.7 Å². The van der Waals surface area contributed by atoms with Crippen LogP contribution in [0.15, 0.2) is 0 Å². The van der Waals surface area contributed by atoms with E-state index in [0.29, 0.717) is 0 Å². The molecule has 2 N–H and O–H groups in total. The number of hydrogen-bond donors (Lipinski definition) is 1. The molecule has 0 fully saturated rings. The first-order chi connectivity index (χ1) is 6.29. The van der Waals surface area contributed by atoms with Crippen molar-refractivity contribution in [1.82, 2.24) is 14.8 Å². The van der Waals surface area contributed by atoms with Crippen molar-refractivity contribution < 1.29 is 13.2 Å². The van der Waals surface area contributed by atoms with Crippen LogP contribution in [-0.4, -0.2) is 20.9 Å². The van der Waals surface area contributed by atoms with Crippen LogP contribution in [0, 0.1) is 0 Å². The molecule has 1 aromatic rings. The van der Waals surface area contributed by atoms with E-state index in [2.05, 4.69) is 10.1 Å². The van der Waals surface area contributed by atoms with Crippen LogP contribution >= 0.6 is 0 Å². The van der Waals surface area contributed by atoms with Gasteiger partial charge in [-0.3, -0.25) is 0 Å². The van der Waals surface area contributed by atoms with Crippen molar-refractivity contribution in [2.45, 2.75) is 32.5 Å². The van der Waals surface area contributed by atoms with E-state index in [4.69, 9.17) is 5.73 Å². The molecular formula is C7H11F3N4. The van der Waals surface area contributed by atoms with E-state index in [1.54, 1.807) is 13.8 Å². The zero-order valence-corrected chi connectivity index (χ0v) is 7.84. The molecule has 0 aromatic carbocycles. The fraction of sp³-hybridized carbons (Fsp3) is 0.714. The lowest BCUT2D eigenvalue weighted by Crippen LogP contribution is -2.21. The molecule has 0 saturated heterocycles. The van der Waals surface area contributed by atoms with Crippen molar-refractivity contribution in [1.29, 1.82) is 0 Å². The Balaban J connectivity index is 2.96. The molecule has 0 unspecified atom stereocenters. The smallest absolute Gasteiger partial charge is 0.366 e. The molecule has 0 amide bonds. The van der Waals surface area contributed by atoms with Crippen molar-refractivity contribution in [3.05, 3.63) is 5.82 Å². The molecule has 7 heteroatoms. The lowest BCUT2D eigenvalue weighted by molar-refractivity contribution is -0.143. The second kappa shape index (κ2) is 3.47. The van der Waals surface area contributed by atoms with Crippen molar-refractivity contribution >= 4 is 5.95 Å². The highest BCUT2D eigenvalue weighted by molar-refractivity contribution is 5.15. The van der Waals surface area contributed by atoms with Gasteiger partial charge in [0.15, 0.2) is 0 Å².